The molecule has 1 saturated heterocycles. The van der Waals surface area contributed by atoms with Gasteiger partial charge in [0.05, 0.1) is 12.2 Å². The molecule has 1 fully saturated rings. The molecule has 0 bridgehead atoms. The van der Waals surface area contributed by atoms with Gasteiger partial charge in [-0.1, -0.05) is 0 Å². The van der Waals surface area contributed by atoms with Gasteiger partial charge in [-0.05, 0) is 43.0 Å². The molecule has 126 valence electrons. The lowest BCUT2D eigenvalue weighted by Gasteiger charge is -2.26. The molecule has 0 saturated carbocycles. The molecule has 1 unspecified atom stereocenters. The van der Waals surface area contributed by atoms with Crippen molar-refractivity contribution in [1.82, 2.24) is 9.55 Å². The average Bonchev–Trinajstić information content (AvgIpc) is 2.63. The summed E-state index contributed by atoms with van der Waals surface area (Å²) in [5, 5.41) is 2.83. The largest absolute Gasteiger partial charge is 0.381 e. The Hall–Kier alpha value is -2.51. The first kappa shape index (κ1) is 16.4. The molecule has 1 aliphatic rings. The highest BCUT2D eigenvalue weighted by molar-refractivity contribution is 5.94. The number of amides is 1. The van der Waals surface area contributed by atoms with E-state index in [0.29, 0.717) is 24.6 Å². The van der Waals surface area contributed by atoms with Crippen molar-refractivity contribution in [2.24, 2.45) is 11.7 Å². The Morgan fingerprint density at radius 3 is 2.67 bits per heavy atom. The van der Waals surface area contributed by atoms with Crippen LogP contribution < -0.4 is 16.6 Å². The zero-order valence-corrected chi connectivity index (χ0v) is 13.2. The number of nitrogens with two attached hydrogens (primary N) is 1. The van der Waals surface area contributed by atoms with E-state index in [1.165, 1.54) is 10.8 Å². The van der Waals surface area contributed by atoms with E-state index in [0.717, 1.165) is 12.8 Å². The molecule has 1 aromatic heterocycles. The van der Waals surface area contributed by atoms with Crippen molar-refractivity contribution in [3.8, 4) is 5.69 Å². The Labute approximate surface area is 139 Å². The van der Waals surface area contributed by atoms with Gasteiger partial charge in [0.1, 0.15) is 0 Å². The summed E-state index contributed by atoms with van der Waals surface area (Å²) in [6, 6.07) is 6.47. The van der Waals surface area contributed by atoms with Crippen LogP contribution in [0.15, 0.2) is 47.7 Å². The molecule has 24 heavy (non-hydrogen) atoms. The highest BCUT2D eigenvalue weighted by Gasteiger charge is 2.26. The number of hydrogen-bond acceptors (Lipinski definition) is 5. The van der Waals surface area contributed by atoms with Crippen LogP contribution >= 0.6 is 0 Å². The van der Waals surface area contributed by atoms with E-state index in [9.17, 15) is 9.59 Å². The third-order valence-corrected chi connectivity index (χ3v) is 4.21. The summed E-state index contributed by atoms with van der Waals surface area (Å²) in [5.74, 6) is -0.0517. The molecular weight excluding hydrogens is 308 g/mol. The molecule has 7 nitrogen and oxygen atoms in total. The summed E-state index contributed by atoms with van der Waals surface area (Å²) in [6.45, 7) is 1.31. The van der Waals surface area contributed by atoms with E-state index >= 15 is 0 Å². The maximum atomic E-state index is 12.3. The van der Waals surface area contributed by atoms with Crippen LogP contribution in [0.25, 0.3) is 5.69 Å². The number of nitrogens with one attached hydrogen (secondary N) is 1. The van der Waals surface area contributed by atoms with Crippen molar-refractivity contribution in [3.05, 3.63) is 53.2 Å². The summed E-state index contributed by atoms with van der Waals surface area (Å²) in [4.78, 5) is 27.8. The normalized spacial score (nSPS) is 16.5. The van der Waals surface area contributed by atoms with Crippen LogP contribution in [0.1, 0.15) is 12.8 Å². The van der Waals surface area contributed by atoms with Crippen molar-refractivity contribution in [3.63, 3.8) is 0 Å². The summed E-state index contributed by atoms with van der Waals surface area (Å²) in [7, 11) is 0. The molecule has 1 atom stereocenters. The van der Waals surface area contributed by atoms with Crippen LogP contribution in [0, 0.1) is 5.92 Å². The van der Waals surface area contributed by atoms with Gasteiger partial charge in [0, 0.05) is 37.0 Å². The summed E-state index contributed by atoms with van der Waals surface area (Å²) in [6.07, 6.45) is 6.00. The Morgan fingerprint density at radius 2 is 2.00 bits per heavy atom. The second-order valence-electron chi connectivity index (χ2n) is 5.80. The van der Waals surface area contributed by atoms with Crippen molar-refractivity contribution in [1.29, 1.82) is 0 Å². The van der Waals surface area contributed by atoms with Crippen LogP contribution in [0.4, 0.5) is 5.69 Å². The highest BCUT2D eigenvalue weighted by Crippen LogP contribution is 2.19. The molecule has 3 N–H and O–H groups in total. The lowest BCUT2D eigenvalue weighted by molar-refractivity contribution is -0.119. The first-order valence-electron chi connectivity index (χ1n) is 7.92. The minimum atomic E-state index is -0.545. The molecule has 1 aromatic carbocycles. The predicted octanol–water partition coefficient (Wildman–Crippen LogP) is 0.925. The predicted molar refractivity (Wildman–Crippen MR) is 90.0 cm³/mol. The molecule has 1 amide bonds. The van der Waals surface area contributed by atoms with E-state index in [1.807, 2.05) is 0 Å². The second kappa shape index (κ2) is 7.37. The number of hydrogen-bond donors (Lipinski definition) is 2. The number of carbonyl (C=O) groups excluding carboxylic acids is 1. The van der Waals surface area contributed by atoms with Gasteiger partial charge < -0.3 is 15.8 Å². The van der Waals surface area contributed by atoms with E-state index in [1.54, 1.807) is 36.7 Å². The van der Waals surface area contributed by atoms with Gasteiger partial charge in [-0.2, -0.15) is 0 Å². The van der Waals surface area contributed by atoms with E-state index < -0.39 is 6.04 Å². The smallest absolute Gasteiger partial charge is 0.273 e. The minimum Gasteiger partial charge on any atom is -0.381 e. The van der Waals surface area contributed by atoms with E-state index in [4.69, 9.17) is 10.5 Å². The molecule has 0 spiro atoms. The fourth-order valence-corrected chi connectivity index (χ4v) is 2.78. The summed E-state index contributed by atoms with van der Waals surface area (Å²) >= 11 is 0. The van der Waals surface area contributed by atoms with Crippen LogP contribution in [0.2, 0.25) is 0 Å². The van der Waals surface area contributed by atoms with Crippen molar-refractivity contribution >= 4 is 11.6 Å². The Balaban J connectivity index is 1.66. The molecule has 3 rings (SSSR count). The summed E-state index contributed by atoms with van der Waals surface area (Å²) in [5.41, 5.74) is 7.20. The lowest BCUT2D eigenvalue weighted by Crippen LogP contribution is -2.44. The first-order valence-corrected chi connectivity index (χ1v) is 7.92. The summed E-state index contributed by atoms with van der Waals surface area (Å²) < 4.78 is 6.77. The number of carbonyl (C=O) groups is 1. The molecule has 2 aromatic rings. The SMILES string of the molecule is NC(C(=O)Nc1ccc(-n2ccncc2=O)cc1)C1CCOCC1. The van der Waals surface area contributed by atoms with Crippen molar-refractivity contribution < 1.29 is 9.53 Å². The van der Waals surface area contributed by atoms with Gasteiger partial charge in [0.25, 0.3) is 5.56 Å². The Bertz CT molecular complexity index is 751. The van der Waals surface area contributed by atoms with Gasteiger partial charge in [-0.3, -0.25) is 19.1 Å². The Morgan fingerprint density at radius 1 is 1.29 bits per heavy atom. The lowest BCUT2D eigenvalue weighted by atomic mass is 9.92. The zero-order valence-electron chi connectivity index (χ0n) is 13.2. The van der Waals surface area contributed by atoms with Crippen LogP contribution in [-0.2, 0) is 9.53 Å². The third kappa shape index (κ3) is 3.69. The standard InChI is InChI=1S/C17H20N4O3/c18-16(12-5-9-24-10-6-12)17(23)20-13-1-3-14(4-2-13)21-8-7-19-11-15(21)22/h1-4,7-8,11-12,16H,5-6,9-10,18H2,(H,20,23). The number of rotatable bonds is 4. The number of anilines is 1. The zero-order chi connectivity index (χ0) is 16.9. The molecule has 1 aliphatic heterocycles. The van der Waals surface area contributed by atoms with Gasteiger partial charge in [0.15, 0.2) is 0 Å². The van der Waals surface area contributed by atoms with Gasteiger partial charge in [0.2, 0.25) is 5.91 Å². The van der Waals surface area contributed by atoms with Crippen LogP contribution in [0.5, 0.6) is 0 Å². The molecule has 0 radical (unpaired) electrons. The third-order valence-electron chi connectivity index (χ3n) is 4.21. The maximum absolute atomic E-state index is 12.3. The van der Waals surface area contributed by atoms with Crippen LogP contribution in [0.3, 0.4) is 0 Å². The molecule has 0 aliphatic carbocycles. The molecule has 7 heteroatoms. The van der Waals surface area contributed by atoms with Crippen LogP contribution in [-0.4, -0.2) is 34.7 Å². The fraction of sp³-hybridized carbons (Fsp3) is 0.353. The molecular formula is C17H20N4O3. The van der Waals surface area contributed by atoms with Crippen molar-refractivity contribution in [2.75, 3.05) is 18.5 Å². The molecule has 2 heterocycles. The number of ether oxygens (including phenoxy) is 1. The second-order valence-corrected chi connectivity index (χ2v) is 5.80. The average molecular weight is 328 g/mol. The van der Waals surface area contributed by atoms with E-state index in [-0.39, 0.29) is 17.4 Å². The Kier molecular flexibility index (Phi) is 5.02. The highest BCUT2D eigenvalue weighted by atomic mass is 16.5. The quantitative estimate of drug-likeness (QED) is 0.869. The first-order chi connectivity index (χ1) is 11.6. The fourth-order valence-electron chi connectivity index (χ4n) is 2.78. The topological polar surface area (TPSA) is 99.2 Å². The minimum absolute atomic E-state index is 0.147. The van der Waals surface area contributed by atoms with Gasteiger partial charge in [-0.25, -0.2) is 0 Å². The number of nitrogens with zero attached hydrogens (tertiary/aromatic N) is 2. The monoisotopic (exact) mass is 328 g/mol. The van der Waals surface area contributed by atoms with Crippen molar-refractivity contribution in [2.45, 2.75) is 18.9 Å². The number of aromatic nitrogens is 2. The number of benzene rings is 1. The maximum Gasteiger partial charge on any atom is 0.273 e. The van der Waals surface area contributed by atoms with E-state index in [2.05, 4.69) is 10.3 Å². The van der Waals surface area contributed by atoms with Gasteiger partial charge in [-0.15, -0.1) is 0 Å². The van der Waals surface area contributed by atoms with Gasteiger partial charge >= 0.3 is 0 Å².